The number of thiophene rings is 1. The quantitative estimate of drug-likeness (QED) is 0.557. The fourth-order valence-corrected chi connectivity index (χ4v) is 5.66. The lowest BCUT2D eigenvalue weighted by Crippen LogP contribution is -2.37. The van der Waals surface area contributed by atoms with Gasteiger partial charge in [-0.15, -0.1) is 28.3 Å². The number of fused-ring (bicyclic) bond motifs is 4. The summed E-state index contributed by atoms with van der Waals surface area (Å²) in [6, 6.07) is 7.74. The second-order valence-corrected chi connectivity index (χ2v) is 8.44. The summed E-state index contributed by atoms with van der Waals surface area (Å²) in [6.45, 7) is 1.33. The monoisotopic (exact) mass is 463 g/mol. The highest BCUT2D eigenvalue weighted by Crippen LogP contribution is 2.44. The van der Waals surface area contributed by atoms with Gasteiger partial charge in [0.05, 0.1) is 5.52 Å². The van der Waals surface area contributed by atoms with E-state index >= 15 is 0 Å². The fraction of sp³-hybridized carbons (Fsp3) is 0.400. The number of aromatic amines is 1. The number of nitrogens with zero attached hydrogens (tertiary/aromatic N) is 1. The third kappa shape index (κ3) is 3.03. The first-order valence-corrected chi connectivity index (χ1v) is 10.3. The van der Waals surface area contributed by atoms with Gasteiger partial charge in [-0.1, -0.05) is 12.1 Å². The Bertz CT molecular complexity index is 1140. The molecule has 1 aromatic carbocycles. The van der Waals surface area contributed by atoms with Crippen LogP contribution in [-0.2, 0) is 13.0 Å². The van der Waals surface area contributed by atoms with Gasteiger partial charge in [0.1, 0.15) is 10.4 Å². The smallest absolute Gasteiger partial charge is 0.328 e. The molecule has 0 saturated carbocycles. The second kappa shape index (κ2) is 7.50. The predicted octanol–water partition coefficient (Wildman–Crippen LogP) is 2.74. The van der Waals surface area contributed by atoms with Gasteiger partial charge in [0.2, 0.25) is 0 Å². The predicted molar refractivity (Wildman–Crippen MR) is 116 cm³/mol. The fourth-order valence-electron chi connectivity index (χ4n) is 4.87. The van der Waals surface area contributed by atoms with E-state index in [9.17, 15) is 14.7 Å². The highest BCUT2D eigenvalue weighted by Gasteiger charge is 2.40. The molecule has 3 atom stereocenters. The number of rotatable bonds is 3. The number of aromatic nitrogens is 2. The summed E-state index contributed by atoms with van der Waals surface area (Å²) >= 11 is 1.36. The van der Waals surface area contributed by atoms with E-state index in [1.54, 1.807) is 12.1 Å². The number of H-pyrrole nitrogens is 1. The van der Waals surface area contributed by atoms with Gasteiger partial charge in [0.25, 0.3) is 5.56 Å². The van der Waals surface area contributed by atoms with E-state index < -0.39 is 0 Å². The van der Waals surface area contributed by atoms with E-state index in [-0.39, 0.29) is 34.3 Å². The van der Waals surface area contributed by atoms with E-state index in [1.165, 1.54) is 21.5 Å². The standard InChI is InChI=1S/C20H21N3O3S.BrH/c24-16-3-1-2-13-12(16)5-4-11-10-21-14(17(11)13)6-8-23-19(25)18-15(7-9-27-18)22-20(23)26;/h1-3,7,9,11,14,17,21,24H,4-6,8,10H2,(H,22,26);1H. The molecule has 2 aromatic heterocycles. The maximum atomic E-state index is 12.6. The summed E-state index contributed by atoms with van der Waals surface area (Å²) in [5.41, 5.74) is 2.34. The molecular formula is C20H22BrN3O3S. The number of aromatic hydroxyl groups is 1. The summed E-state index contributed by atoms with van der Waals surface area (Å²) < 4.78 is 1.92. The van der Waals surface area contributed by atoms with Crippen LogP contribution in [0.3, 0.4) is 0 Å². The van der Waals surface area contributed by atoms with Crippen molar-refractivity contribution in [3.63, 3.8) is 0 Å². The summed E-state index contributed by atoms with van der Waals surface area (Å²) in [4.78, 5) is 27.8. The van der Waals surface area contributed by atoms with Crippen LogP contribution in [0.15, 0.2) is 39.2 Å². The molecule has 1 saturated heterocycles. The third-order valence-electron chi connectivity index (χ3n) is 6.15. The Kier molecular flexibility index (Phi) is 5.20. The van der Waals surface area contributed by atoms with Crippen LogP contribution in [0.2, 0.25) is 0 Å². The molecule has 1 aliphatic heterocycles. The van der Waals surface area contributed by atoms with Gasteiger partial charge in [-0.05, 0) is 60.4 Å². The van der Waals surface area contributed by atoms with E-state index in [2.05, 4.69) is 16.4 Å². The first kappa shape index (κ1) is 19.4. The van der Waals surface area contributed by atoms with Gasteiger partial charge in [-0.2, -0.15) is 0 Å². The van der Waals surface area contributed by atoms with Gasteiger partial charge in [0, 0.05) is 18.5 Å². The summed E-state index contributed by atoms with van der Waals surface area (Å²) in [6.07, 6.45) is 2.67. The zero-order valence-electron chi connectivity index (χ0n) is 15.2. The normalized spacial score (nSPS) is 23.2. The van der Waals surface area contributed by atoms with Crippen molar-refractivity contribution >= 4 is 38.5 Å². The first-order valence-electron chi connectivity index (χ1n) is 9.38. The molecule has 3 heterocycles. The molecule has 0 radical (unpaired) electrons. The summed E-state index contributed by atoms with van der Waals surface area (Å²) in [5.74, 6) is 1.24. The molecule has 0 spiro atoms. The zero-order chi connectivity index (χ0) is 18.5. The average molecular weight is 464 g/mol. The number of hydrogen-bond donors (Lipinski definition) is 3. The minimum absolute atomic E-state index is 0. The number of phenolic OH excluding ortho intramolecular Hbond substituents is 1. The SMILES string of the molecule is Br.O=c1[nH]c2ccsc2c(=O)n1CCC1NCC2CCc3c(O)cccc3C21. The Labute approximate surface area is 176 Å². The van der Waals surface area contributed by atoms with E-state index in [4.69, 9.17) is 0 Å². The van der Waals surface area contributed by atoms with Crippen molar-refractivity contribution in [3.8, 4) is 5.75 Å². The van der Waals surface area contributed by atoms with Crippen molar-refractivity contribution in [3.05, 3.63) is 61.6 Å². The number of halogens is 1. The lowest BCUT2D eigenvalue weighted by Gasteiger charge is -2.31. The Morgan fingerprint density at radius 1 is 1.25 bits per heavy atom. The number of nitrogens with one attached hydrogen (secondary N) is 2. The Balaban J connectivity index is 0.00000192. The third-order valence-corrected chi connectivity index (χ3v) is 7.05. The first-order chi connectivity index (χ1) is 13.1. The lowest BCUT2D eigenvalue weighted by atomic mass is 9.73. The van der Waals surface area contributed by atoms with Gasteiger partial charge in [0.15, 0.2) is 0 Å². The van der Waals surface area contributed by atoms with E-state index in [0.717, 1.165) is 24.9 Å². The molecular weight excluding hydrogens is 442 g/mol. The molecule has 1 aliphatic carbocycles. The van der Waals surface area contributed by atoms with E-state index in [0.29, 0.717) is 40.8 Å². The maximum absolute atomic E-state index is 12.6. The Morgan fingerprint density at radius 2 is 2.11 bits per heavy atom. The van der Waals surface area contributed by atoms with Crippen molar-refractivity contribution in [1.29, 1.82) is 0 Å². The van der Waals surface area contributed by atoms with Gasteiger partial charge in [-0.3, -0.25) is 9.36 Å². The van der Waals surface area contributed by atoms with Gasteiger partial charge >= 0.3 is 5.69 Å². The van der Waals surface area contributed by atoms with Gasteiger partial charge < -0.3 is 15.4 Å². The maximum Gasteiger partial charge on any atom is 0.328 e. The van der Waals surface area contributed by atoms with Crippen molar-refractivity contribution in [2.75, 3.05) is 6.54 Å². The molecule has 3 N–H and O–H groups in total. The topological polar surface area (TPSA) is 87.1 Å². The van der Waals surface area contributed by atoms with Crippen LogP contribution in [0.1, 0.15) is 29.9 Å². The summed E-state index contributed by atoms with van der Waals surface area (Å²) in [5, 5.41) is 15.6. The number of phenols is 1. The molecule has 28 heavy (non-hydrogen) atoms. The zero-order valence-corrected chi connectivity index (χ0v) is 17.7. The average Bonchev–Trinajstić information content (AvgIpc) is 3.29. The van der Waals surface area contributed by atoms with Crippen LogP contribution in [0.5, 0.6) is 5.75 Å². The molecule has 2 aliphatic rings. The van der Waals surface area contributed by atoms with Crippen LogP contribution in [-0.4, -0.2) is 27.2 Å². The summed E-state index contributed by atoms with van der Waals surface area (Å²) in [7, 11) is 0. The Morgan fingerprint density at radius 3 is 2.96 bits per heavy atom. The highest BCUT2D eigenvalue weighted by atomic mass is 79.9. The van der Waals surface area contributed by atoms with Crippen LogP contribution >= 0.6 is 28.3 Å². The second-order valence-electron chi connectivity index (χ2n) is 7.52. The highest BCUT2D eigenvalue weighted by molar-refractivity contribution is 8.93. The molecule has 0 amide bonds. The molecule has 148 valence electrons. The van der Waals surface area contributed by atoms with Crippen LogP contribution in [0.25, 0.3) is 10.2 Å². The number of benzene rings is 1. The molecule has 5 rings (SSSR count). The lowest BCUT2D eigenvalue weighted by molar-refractivity contribution is 0.381. The molecule has 3 aromatic rings. The van der Waals surface area contributed by atoms with Gasteiger partial charge in [-0.25, -0.2) is 4.79 Å². The molecule has 3 unspecified atom stereocenters. The molecule has 6 nitrogen and oxygen atoms in total. The minimum Gasteiger partial charge on any atom is -0.508 e. The minimum atomic E-state index is -0.345. The molecule has 1 fully saturated rings. The number of hydrogen-bond acceptors (Lipinski definition) is 5. The largest absolute Gasteiger partial charge is 0.508 e. The van der Waals surface area contributed by atoms with Crippen molar-refractivity contribution < 1.29 is 5.11 Å². The molecule has 0 bridgehead atoms. The molecule has 8 heteroatoms. The van der Waals surface area contributed by atoms with Crippen LogP contribution in [0, 0.1) is 5.92 Å². The van der Waals surface area contributed by atoms with Crippen molar-refractivity contribution in [1.82, 2.24) is 14.9 Å². The van der Waals surface area contributed by atoms with Crippen LogP contribution < -0.4 is 16.6 Å². The Hall–Kier alpha value is -1.90. The van der Waals surface area contributed by atoms with Crippen LogP contribution in [0.4, 0.5) is 0 Å². The van der Waals surface area contributed by atoms with E-state index in [1.807, 2.05) is 11.4 Å². The van der Waals surface area contributed by atoms with Crippen molar-refractivity contribution in [2.24, 2.45) is 5.92 Å². The van der Waals surface area contributed by atoms with Crippen molar-refractivity contribution in [2.45, 2.75) is 37.8 Å².